The van der Waals surface area contributed by atoms with Crippen LogP contribution < -0.4 is 15.8 Å². The van der Waals surface area contributed by atoms with E-state index in [-0.39, 0.29) is 30.6 Å². The van der Waals surface area contributed by atoms with Crippen molar-refractivity contribution in [3.63, 3.8) is 0 Å². The molecule has 1 aliphatic heterocycles. The second kappa shape index (κ2) is 9.54. The van der Waals surface area contributed by atoms with Gasteiger partial charge < -0.3 is 25.4 Å². The molecule has 144 valence electrons. The highest BCUT2D eigenvalue weighted by atomic mass is 16.5. The zero-order chi connectivity index (χ0) is 19.1. The molecule has 1 saturated heterocycles. The van der Waals surface area contributed by atoms with Gasteiger partial charge in [0.05, 0.1) is 12.1 Å². The van der Waals surface area contributed by atoms with Gasteiger partial charge in [-0.1, -0.05) is 25.1 Å². The smallest absolute Gasteiger partial charge is 0.259 e. The number of rotatable bonds is 8. The lowest BCUT2D eigenvalue weighted by atomic mass is 10.0. The van der Waals surface area contributed by atoms with Gasteiger partial charge in [-0.15, -0.1) is 0 Å². The summed E-state index contributed by atoms with van der Waals surface area (Å²) < 4.78 is 11.4. The van der Waals surface area contributed by atoms with Gasteiger partial charge in [0.25, 0.3) is 5.91 Å². The van der Waals surface area contributed by atoms with Crippen LogP contribution in [-0.2, 0) is 14.3 Å². The number of nitrogens with two attached hydrogens (primary N) is 1. The summed E-state index contributed by atoms with van der Waals surface area (Å²) in [5, 5.41) is 3.04. The van der Waals surface area contributed by atoms with Crippen LogP contribution in [0.1, 0.15) is 37.8 Å². The molecule has 0 radical (unpaired) electrons. The summed E-state index contributed by atoms with van der Waals surface area (Å²) in [5.41, 5.74) is 6.46. The summed E-state index contributed by atoms with van der Waals surface area (Å²) in [6, 6.07) is 7.24. The van der Waals surface area contributed by atoms with Gasteiger partial charge in [0.1, 0.15) is 11.9 Å². The number of carbonyl (C=O) groups excluding carboxylic acids is 2. The topological polar surface area (TPSA) is 93.9 Å². The number of ether oxygens (including phenoxy) is 2. The zero-order valence-corrected chi connectivity index (χ0v) is 15.7. The summed E-state index contributed by atoms with van der Waals surface area (Å²) in [4.78, 5) is 25.8. The van der Waals surface area contributed by atoms with Gasteiger partial charge >= 0.3 is 0 Å². The van der Waals surface area contributed by atoms with E-state index < -0.39 is 6.10 Å². The fourth-order valence-electron chi connectivity index (χ4n) is 2.90. The third kappa shape index (κ3) is 5.19. The van der Waals surface area contributed by atoms with E-state index in [4.69, 9.17) is 15.2 Å². The Balaban J connectivity index is 2.05. The van der Waals surface area contributed by atoms with Crippen molar-refractivity contribution in [1.82, 2.24) is 10.2 Å². The van der Waals surface area contributed by atoms with Crippen LogP contribution >= 0.6 is 0 Å². The van der Waals surface area contributed by atoms with Crippen LogP contribution in [0.15, 0.2) is 24.3 Å². The molecule has 7 nitrogen and oxygen atoms in total. The van der Waals surface area contributed by atoms with Crippen molar-refractivity contribution in [1.29, 1.82) is 0 Å². The van der Waals surface area contributed by atoms with Gasteiger partial charge in [0.15, 0.2) is 6.61 Å². The molecule has 0 aromatic heterocycles. The lowest BCUT2D eigenvalue weighted by Gasteiger charge is -2.23. The second-order valence-corrected chi connectivity index (χ2v) is 6.64. The Morgan fingerprint density at radius 1 is 1.35 bits per heavy atom. The number of benzene rings is 1. The van der Waals surface area contributed by atoms with Crippen molar-refractivity contribution in [2.45, 2.75) is 44.4 Å². The molecule has 1 aliphatic rings. The van der Waals surface area contributed by atoms with Crippen LogP contribution in [0.4, 0.5) is 0 Å². The number of hydrogen-bond donors (Lipinski definition) is 2. The molecule has 3 N–H and O–H groups in total. The van der Waals surface area contributed by atoms with Crippen molar-refractivity contribution >= 4 is 11.8 Å². The molecule has 7 heteroatoms. The van der Waals surface area contributed by atoms with Gasteiger partial charge in [0, 0.05) is 26.2 Å². The average molecular weight is 363 g/mol. The molecule has 1 aromatic rings. The third-order valence-corrected chi connectivity index (χ3v) is 4.53. The van der Waals surface area contributed by atoms with Crippen molar-refractivity contribution in [2.75, 3.05) is 27.2 Å². The Hall–Kier alpha value is -2.12. The molecule has 0 aliphatic carbocycles. The van der Waals surface area contributed by atoms with Gasteiger partial charge in [-0.2, -0.15) is 0 Å². The van der Waals surface area contributed by atoms with Gasteiger partial charge in [-0.25, -0.2) is 0 Å². The SMILES string of the molecule is CCC(NC(=O)[C@@H]1CC[C@H](CN)O1)c1ccccc1OCC(=O)N(C)C. The molecule has 0 spiro atoms. The van der Waals surface area contributed by atoms with Crippen LogP contribution in [0.2, 0.25) is 0 Å². The van der Waals surface area contributed by atoms with Crippen LogP contribution in [0, 0.1) is 0 Å². The lowest BCUT2D eigenvalue weighted by molar-refractivity contribution is -0.133. The van der Waals surface area contributed by atoms with E-state index in [9.17, 15) is 9.59 Å². The molecule has 26 heavy (non-hydrogen) atoms. The number of nitrogens with zero attached hydrogens (tertiary/aromatic N) is 1. The summed E-state index contributed by atoms with van der Waals surface area (Å²) >= 11 is 0. The number of para-hydroxylation sites is 1. The minimum Gasteiger partial charge on any atom is -0.483 e. The number of likely N-dealkylation sites (N-methyl/N-ethyl adjacent to an activating group) is 1. The number of nitrogens with one attached hydrogen (secondary N) is 1. The van der Waals surface area contributed by atoms with E-state index in [1.807, 2.05) is 31.2 Å². The molecule has 0 bridgehead atoms. The highest BCUT2D eigenvalue weighted by Crippen LogP contribution is 2.28. The predicted molar refractivity (Wildman–Crippen MR) is 98.8 cm³/mol. The Labute approximate surface area is 154 Å². The number of carbonyl (C=O) groups is 2. The largest absolute Gasteiger partial charge is 0.483 e. The first-order valence-corrected chi connectivity index (χ1v) is 9.04. The lowest BCUT2D eigenvalue weighted by Crippen LogP contribution is -2.38. The maximum Gasteiger partial charge on any atom is 0.259 e. The fourth-order valence-corrected chi connectivity index (χ4v) is 2.90. The monoisotopic (exact) mass is 363 g/mol. The summed E-state index contributed by atoms with van der Waals surface area (Å²) in [7, 11) is 3.37. The maximum atomic E-state index is 12.5. The first kappa shape index (κ1) is 20.2. The molecule has 2 rings (SSSR count). The first-order chi connectivity index (χ1) is 12.5. The van der Waals surface area contributed by atoms with Crippen molar-refractivity contribution < 1.29 is 19.1 Å². The summed E-state index contributed by atoms with van der Waals surface area (Å²) in [6.07, 6.45) is 1.68. The van der Waals surface area contributed by atoms with Gasteiger partial charge in [-0.05, 0) is 25.3 Å². The normalized spacial score (nSPS) is 20.5. The molecular formula is C19H29N3O4. The highest BCUT2D eigenvalue weighted by molar-refractivity contribution is 5.81. The van der Waals surface area contributed by atoms with E-state index in [2.05, 4.69) is 5.32 Å². The molecule has 1 heterocycles. The van der Waals surface area contributed by atoms with Gasteiger partial charge in [0.2, 0.25) is 5.91 Å². The van der Waals surface area contributed by atoms with Gasteiger partial charge in [-0.3, -0.25) is 9.59 Å². The third-order valence-electron chi connectivity index (χ3n) is 4.53. The molecule has 3 atom stereocenters. The van der Waals surface area contributed by atoms with E-state index in [0.717, 1.165) is 12.0 Å². The number of amides is 2. The average Bonchev–Trinajstić information content (AvgIpc) is 3.13. The molecule has 2 amide bonds. The standard InChI is InChI=1S/C19H29N3O4/c1-4-15(21-19(24)17-10-9-13(11-20)26-17)14-7-5-6-8-16(14)25-12-18(23)22(2)3/h5-8,13,15,17H,4,9-12,20H2,1-3H3,(H,21,24)/t13-,15?,17+/m1/s1. The Morgan fingerprint density at radius 2 is 2.08 bits per heavy atom. The maximum absolute atomic E-state index is 12.5. The highest BCUT2D eigenvalue weighted by Gasteiger charge is 2.31. The Bertz CT molecular complexity index is 621. The van der Waals surface area contributed by atoms with Crippen LogP contribution in [0.3, 0.4) is 0 Å². The number of hydrogen-bond acceptors (Lipinski definition) is 5. The van der Waals surface area contributed by atoms with E-state index in [1.54, 1.807) is 14.1 Å². The molecule has 1 aromatic carbocycles. The zero-order valence-electron chi connectivity index (χ0n) is 15.7. The van der Waals surface area contributed by atoms with E-state index >= 15 is 0 Å². The minimum absolute atomic E-state index is 0.0431. The minimum atomic E-state index is -0.457. The van der Waals surface area contributed by atoms with Crippen LogP contribution in [-0.4, -0.2) is 56.2 Å². The quantitative estimate of drug-likeness (QED) is 0.724. The molecule has 0 saturated carbocycles. The van der Waals surface area contributed by atoms with Crippen molar-refractivity contribution in [2.24, 2.45) is 5.73 Å². The summed E-state index contributed by atoms with van der Waals surface area (Å²) in [5.74, 6) is 0.345. The van der Waals surface area contributed by atoms with Crippen LogP contribution in [0.5, 0.6) is 5.75 Å². The fraction of sp³-hybridized carbons (Fsp3) is 0.579. The van der Waals surface area contributed by atoms with Crippen molar-refractivity contribution in [3.8, 4) is 5.75 Å². The van der Waals surface area contributed by atoms with Crippen LogP contribution in [0.25, 0.3) is 0 Å². The Kier molecular flexibility index (Phi) is 7.41. The predicted octanol–water partition coefficient (Wildman–Crippen LogP) is 1.23. The second-order valence-electron chi connectivity index (χ2n) is 6.64. The molecule has 1 fully saturated rings. The molecule has 1 unspecified atom stereocenters. The van der Waals surface area contributed by atoms with Crippen molar-refractivity contribution in [3.05, 3.63) is 29.8 Å². The van der Waals surface area contributed by atoms with E-state index in [0.29, 0.717) is 25.1 Å². The Morgan fingerprint density at radius 3 is 2.69 bits per heavy atom. The van der Waals surface area contributed by atoms with E-state index in [1.165, 1.54) is 4.90 Å². The first-order valence-electron chi connectivity index (χ1n) is 9.04. The summed E-state index contributed by atoms with van der Waals surface area (Å²) in [6.45, 7) is 2.38. The molecular weight excluding hydrogens is 334 g/mol.